The second kappa shape index (κ2) is 5.48. The van der Waals surface area contributed by atoms with Crippen molar-refractivity contribution in [3.8, 4) is 0 Å². The zero-order chi connectivity index (χ0) is 7.98. The van der Waals surface area contributed by atoms with Gasteiger partial charge in [-0.05, 0) is 32.3 Å². The van der Waals surface area contributed by atoms with Gasteiger partial charge in [-0.25, -0.2) is 0 Å². The summed E-state index contributed by atoms with van der Waals surface area (Å²) in [6, 6.07) is 0. The third-order valence-electron chi connectivity index (χ3n) is 1.87. The van der Waals surface area contributed by atoms with Gasteiger partial charge in [-0.1, -0.05) is 18.9 Å². The maximum Gasteiger partial charge on any atom is 0.0641 e. The van der Waals surface area contributed by atoms with Crippen molar-refractivity contribution in [1.82, 2.24) is 0 Å². The van der Waals surface area contributed by atoms with Crippen molar-refractivity contribution >= 4 is 0 Å². The molecule has 1 heteroatoms. The first-order valence-electron chi connectivity index (χ1n) is 3.98. The van der Waals surface area contributed by atoms with E-state index in [0.717, 1.165) is 12.0 Å². The smallest absolute Gasteiger partial charge is 0.0641 e. The number of hydrogen-bond acceptors (Lipinski definition) is 1. The third kappa shape index (κ3) is 3.67. The Morgan fingerprint density at radius 3 is 2.20 bits per heavy atom. The van der Waals surface area contributed by atoms with Crippen LogP contribution in [0.4, 0.5) is 0 Å². The second-order valence-corrected chi connectivity index (χ2v) is 2.82. The van der Waals surface area contributed by atoms with Crippen LogP contribution in [0.2, 0.25) is 0 Å². The third-order valence-corrected chi connectivity index (χ3v) is 1.87. The molecule has 0 aromatic heterocycles. The average Bonchev–Trinajstić information content (AvgIpc) is 1.98. The van der Waals surface area contributed by atoms with E-state index in [1.807, 2.05) is 6.92 Å². The molecule has 0 fully saturated rings. The lowest BCUT2D eigenvalue weighted by Gasteiger charge is -2.02. The summed E-state index contributed by atoms with van der Waals surface area (Å²) in [5.41, 5.74) is 2.48. The number of rotatable bonds is 4. The highest BCUT2D eigenvalue weighted by Crippen LogP contribution is 2.10. The van der Waals surface area contributed by atoms with Crippen LogP contribution in [-0.4, -0.2) is 11.7 Å². The van der Waals surface area contributed by atoms with Crippen LogP contribution < -0.4 is 0 Å². The normalized spacial score (nSPS) is 13.2. The van der Waals surface area contributed by atoms with Gasteiger partial charge in [-0.3, -0.25) is 0 Å². The van der Waals surface area contributed by atoms with Crippen molar-refractivity contribution in [3.05, 3.63) is 11.1 Å². The largest absolute Gasteiger partial charge is 0.392 e. The molecule has 60 valence electrons. The lowest BCUT2D eigenvalue weighted by molar-refractivity contribution is 0.329. The summed E-state index contributed by atoms with van der Waals surface area (Å²) in [6.45, 7) is 6.49. The molecule has 0 heterocycles. The predicted octanol–water partition coefficient (Wildman–Crippen LogP) is 2.51. The van der Waals surface area contributed by atoms with Crippen molar-refractivity contribution in [3.63, 3.8) is 0 Å². The lowest BCUT2D eigenvalue weighted by Crippen LogP contribution is -1.89. The van der Waals surface area contributed by atoms with E-state index in [9.17, 15) is 0 Å². The first-order valence-corrected chi connectivity index (χ1v) is 3.98. The molecule has 0 aliphatic rings. The average molecular weight is 142 g/mol. The Hall–Kier alpha value is -0.300. The molecule has 0 saturated heterocycles. The number of aliphatic hydroxyl groups is 1. The lowest BCUT2D eigenvalue weighted by atomic mass is 10.1. The van der Waals surface area contributed by atoms with Gasteiger partial charge in [-0.2, -0.15) is 0 Å². The first-order chi connectivity index (χ1) is 4.72. The Kier molecular flexibility index (Phi) is 5.32. The van der Waals surface area contributed by atoms with E-state index in [4.69, 9.17) is 5.11 Å². The van der Waals surface area contributed by atoms with E-state index < -0.39 is 0 Å². The van der Waals surface area contributed by atoms with Gasteiger partial charge in [0.1, 0.15) is 0 Å². The van der Waals surface area contributed by atoms with E-state index >= 15 is 0 Å². The van der Waals surface area contributed by atoms with Crippen LogP contribution in [0.5, 0.6) is 0 Å². The molecule has 0 radical (unpaired) electrons. The summed E-state index contributed by atoms with van der Waals surface area (Å²) in [5.74, 6) is 0. The highest BCUT2D eigenvalue weighted by molar-refractivity contribution is 5.09. The molecule has 0 aromatic carbocycles. The van der Waals surface area contributed by atoms with Gasteiger partial charge in [-0.15, -0.1) is 0 Å². The van der Waals surface area contributed by atoms with Gasteiger partial charge in [0.05, 0.1) is 6.61 Å². The number of hydrogen-bond donors (Lipinski definition) is 1. The van der Waals surface area contributed by atoms with Crippen LogP contribution >= 0.6 is 0 Å². The van der Waals surface area contributed by atoms with Crippen LogP contribution in [0.1, 0.15) is 40.0 Å². The molecule has 0 aliphatic carbocycles. The van der Waals surface area contributed by atoms with E-state index in [-0.39, 0.29) is 6.61 Å². The van der Waals surface area contributed by atoms with Crippen LogP contribution in [-0.2, 0) is 0 Å². The summed E-state index contributed by atoms with van der Waals surface area (Å²) in [7, 11) is 0. The van der Waals surface area contributed by atoms with Gasteiger partial charge in [0.15, 0.2) is 0 Å². The highest BCUT2D eigenvalue weighted by atomic mass is 16.3. The summed E-state index contributed by atoms with van der Waals surface area (Å²) in [6.07, 6.45) is 3.61. The molecule has 0 spiro atoms. The van der Waals surface area contributed by atoms with Crippen LogP contribution in [0.3, 0.4) is 0 Å². The molecule has 0 unspecified atom stereocenters. The van der Waals surface area contributed by atoms with Gasteiger partial charge in [0.25, 0.3) is 0 Å². The summed E-state index contributed by atoms with van der Waals surface area (Å²) < 4.78 is 0. The minimum Gasteiger partial charge on any atom is -0.392 e. The molecule has 0 atom stereocenters. The van der Waals surface area contributed by atoms with Crippen molar-refractivity contribution < 1.29 is 5.11 Å². The number of aliphatic hydroxyl groups excluding tert-OH is 1. The predicted molar refractivity (Wildman–Crippen MR) is 45.0 cm³/mol. The van der Waals surface area contributed by atoms with Crippen molar-refractivity contribution in [2.24, 2.45) is 0 Å². The van der Waals surface area contributed by atoms with Gasteiger partial charge >= 0.3 is 0 Å². The standard InChI is InChI=1S/C9H18O/c1-4-5-6-8(2)9(3)7-10/h10H,4-7H2,1-3H3/b9-8+. The topological polar surface area (TPSA) is 20.2 Å². The molecule has 0 aliphatic heterocycles. The summed E-state index contributed by atoms with van der Waals surface area (Å²) in [4.78, 5) is 0. The fraction of sp³-hybridized carbons (Fsp3) is 0.778. The zero-order valence-corrected chi connectivity index (χ0v) is 7.28. The van der Waals surface area contributed by atoms with E-state index in [0.29, 0.717) is 0 Å². The Labute approximate surface area is 63.8 Å². The van der Waals surface area contributed by atoms with Gasteiger partial charge < -0.3 is 5.11 Å². The Balaban J connectivity index is 3.68. The quantitative estimate of drug-likeness (QED) is 0.598. The fourth-order valence-corrected chi connectivity index (χ4v) is 0.790. The molecule has 1 nitrogen and oxygen atoms in total. The van der Waals surface area contributed by atoms with Crippen LogP contribution in [0.25, 0.3) is 0 Å². The first kappa shape index (κ1) is 9.70. The monoisotopic (exact) mass is 142 g/mol. The molecule has 0 rings (SSSR count). The summed E-state index contributed by atoms with van der Waals surface area (Å²) >= 11 is 0. The van der Waals surface area contributed by atoms with E-state index in [1.165, 1.54) is 18.4 Å². The van der Waals surface area contributed by atoms with Crippen molar-refractivity contribution in [2.45, 2.75) is 40.0 Å². The second-order valence-electron chi connectivity index (χ2n) is 2.82. The van der Waals surface area contributed by atoms with E-state index in [2.05, 4.69) is 13.8 Å². The maximum atomic E-state index is 8.75. The minimum absolute atomic E-state index is 0.218. The SMILES string of the molecule is CCCC/C(C)=C(\C)CO. The van der Waals surface area contributed by atoms with Gasteiger partial charge in [0.2, 0.25) is 0 Å². The summed E-state index contributed by atoms with van der Waals surface area (Å²) in [5, 5.41) is 8.75. The molecular weight excluding hydrogens is 124 g/mol. The Bertz CT molecular complexity index is 114. The van der Waals surface area contributed by atoms with Crippen LogP contribution in [0.15, 0.2) is 11.1 Å². The molecule has 0 saturated carbocycles. The minimum atomic E-state index is 0.218. The Morgan fingerprint density at radius 2 is 1.80 bits per heavy atom. The molecule has 0 bridgehead atoms. The number of unbranched alkanes of at least 4 members (excludes halogenated alkanes) is 1. The van der Waals surface area contributed by atoms with E-state index in [1.54, 1.807) is 0 Å². The fourth-order valence-electron chi connectivity index (χ4n) is 0.790. The zero-order valence-electron chi connectivity index (χ0n) is 7.28. The highest BCUT2D eigenvalue weighted by Gasteiger charge is 1.93. The Morgan fingerprint density at radius 1 is 1.20 bits per heavy atom. The molecular formula is C9H18O. The molecule has 0 amide bonds. The van der Waals surface area contributed by atoms with Gasteiger partial charge in [0, 0.05) is 0 Å². The van der Waals surface area contributed by atoms with Crippen LogP contribution in [0, 0.1) is 0 Å². The molecule has 1 N–H and O–H groups in total. The maximum absolute atomic E-state index is 8.75. The van der Waals surface area contributed by atoms with Crippen molar-refractivity contribution in [2.75, 3.05) is 6.61 Å². The molecule has 0 aromatic rings. The number of allylic oxidation sites excluding steroid dienone is 1. The molecule has 10 heavy (non-hydrogen) atoms. The van der Waals surface area contributed by atoms with Crippen molar-refractivity contribution in [1.29, 1.82) is 0 Å².